The summed E-state index contributed by atoms with van der Waals surface area (Å²) in [6.07, 6.45) is 2.10. The zero-order chi connectivity index (χ0) is 16.1. The van der Waals surface area contributed by atoms with Crippen molar-refractivity contribution in [1.29, 1.82) is 0 Å². The van der Waals surface area contributed by atoms with Crippen LogP contribution in [-0.4, -0.2) is 27.5 Å². The summed E-state index contributed by atoms with van der Waals surface area (Å²) < 4.78 is 1.99. The van der Waals surface area contributed by atoms with Crippen molar-refractivity contribution >= 4 is 11.3 Å². The van der Waals surface area contributed by atoms with Crippen LogP contribution in [0.1, 0.15) is 18.1 Å². The largest absolute Gasteiger partial charge is 0.395 e. The van der Waals surface area contributed by atoms with Crippen molar-refractivity contribution in [2.24, 2.45) is 0 Å². The fraction of sp³-hybridized carbons (Fsp3) is 0.278. The van der Waals surface area contributed by atoms with Crippen molar-refractivity contribution in [3.05, 3.63) is 65.2 Å². The maximum atomic E-state index is 9.18. The van der Waals surface area contributed by atoms with Gasteiger partial charge < -0.3 is 10.4 Å². The number of aliphatic hydroxyl groups excluding tert-OH is 1. The summed E-state index contributed by atoms with van der Waals surface area (Å²) in [5.41, 5.74) is 3.41. The van der Waals surface area contributed by atoms with Gasteiger partial charge in [-0.25, -0.2) is 0 Å². The van der Waals surface area contributed by atoms with Crippen LogP contribution >= 0.6 is 11.3 Å². The molecule has 0 fully saturated rings. The van der Waals surface area contributed by atoms with Gasteiger partial charge in [-0.15, -0.1) is 11.3 Å². The van der Waals surface area contributed by atoms with Crippen LogP contribution in [0.4, 0.5) is 0 Å². The maximum Gasteiger partial charge on any atom is 0.107 e. The number of aromatic nitrogens is 2. The summed E-state index contributed by atoms with van der Waals surface area (Å²) in [5.74, 6) is 0. The van der Waals surface area contributed by atoms with E-state index in [9.17, 15) is 5.11 Å². The van der Waals surface area contributed by atoms with E-state index in [-0.39, 0.29) is 12.6 Å². The Labute approximate surface area is 140 Å². The van der Waals surface area contributed by atoms with Gasteiger partial charge in [0, 0.05) is 24.3 Å². The van der Waals surface area contributed by atoms with Crippen LogP contribution in [0.15, 0.2) is 54.0 Å². The second-order valence-electron chi connectivity index (χ2n) is 5.63. The second kappa shape index (κ2) is 7.55. The Hall–Kier alpha value is -1.95. The quantitative estimate of drug-likeness (QED) is 0.701. The summed E-state index contributed by atoms with van der Waals surface area (Å²) in [6, 6.07) is 14.5. The van der Waals surface area contributed by atoms with Crippen molar-refractivity contribution in [2.45, 2.75) is 26.1 Å². The van der Waals surface area contributed by atoms with E-state index in [1.54, 1.807) is 11.3 Å². The molecule has 0 aliphatic heterocycles. The molecule has 0 radical (unpaired) electrons. The molecular formula is C18H21N3OS. The van der Waals surface area contributed by atoms with Gasteiger partial charge in [0.2, 0.25) is 0 Å². The van der Waals surface area contributed by atoms with Crippen LogP contribution in [-0.2, 0) is 13.1 Å². The number of thiophene rings is 1. The predicted molar refractivity (Wildman–Crippen MR) is 94.5 cm³/mol. The smallest absolute Gasteiger partial charge is 0.107 e. The summed E-state index contributed by atoms with van der Waals surface area (Å²) in [7, 11) is 0. The molecule has 4 nitrogen and oxygen atoms in total. The lowest BCUT2D eigenvalue weighted by Gasteiger charge is -2.09. The van der Waals surface area contributed by atoms with E-state index in [1.165, 1.54) is 10.4 Å². The van der Waals surface area contributed by atoms with Crippen LogP contribution in [0, 0.1) is 0 Å². The lowest BCUT2D eigenvalue weighted by molar-refractivity contribution is 0.251. The Balaban J connectivity index is 1.84. The predicted octanol–water partition coefficient (Wildman–Crippen LogP) is 3.13. The Morgan fingerprint density at radius 3 is 2.74 bits per heavy atom. The van der Waals surface area contributed by atoms with Crippen LogP contribution in [0.3, 0.4) is 0 Å². The standard InChI is InChI=1S/C18H21N3OS/c1-14(13-22)19-10-16-12-21(11-15-6-3-2-4-7-15)20-18(16)17-8-5-9-23-17/h2-9,12,14,19,22H,10-11,13H2,1H3. The molecule has 1 unspecified atom stereocenters. The van der Waals surface area contributed by atoms with Crippen LogP contribution in [0.2, 0.25) is 0 Å². The molecule has 0 saturated carbocycles. The van der Waals surface area contributed by atoms with Crippen LogP contribution in [0.5, 0.6) is 0 Å². The number of nitrogens with one attached hydrogen (secondary N) is 1. The number of hydrogen-bond donors (Lipinski definition) is 2. The number of rotatable bonds is 7. The van der Waals surface area contributed by atoms with Crippen molar-refractivity contribution in [1.82, 2.24) is 15.1 Å². The van der Waals surface area contributed by atoms with E-state index < -0.39 is 0 Å². The molecule has 3 aromatic rings. The van der Waals surface area contributed by atoms with E-state index in [1.807, 2.05) is 35.9 Å². The minimum absolute atomic E-state index is 0.0728. The Bertz CT molecular complexity index is 722. The fourth-order valence-electron chi connectivity index (χ4n) is 2.41. The molecule has 23 heavy (non-hydrogen) atoms. The van der Waals surface area contributed by atoms with E-state index in [2.05, 4.69) is 35.1 Å². The average Bonchev–Trinajstić information content (AvgIpc) is 3.23. The minimum atomic E-state index is 0.0728. The highest BCUT2D eigenvalue weighted by Crippen LogP contribution is 2.27. The van der Waals surface area contributed by atoms with Gasteiger partial charge in [0.25, 0.3) is 0 Å². The van der Waals surface area contributed by atoms with Gasteiger partial charge in [0.15, 0.2) is 0 Å². The summed E-state index contributed by atoms with van der Waals surface area (Å²) in [5, 5.41) is 19.4. The number of hydrogen-bond acceptors (Lipinski definition) is 4. The van der Waals surface area contributed by atoms with Gasteiger partial charge in [0.1, 0.15) is 5.69 Å². The first kappa shape index (κ1) is 15.9. The lowest BCUT2D eigenvalue weighted by atomic mass is 10.2. The normalized spacial score (nSPS) is 12.4. The molecule has 2 N–H and O–H groups in total. The van der Waals surface area contributed by atoms with Crippen LogP contribution in [0.25, 0.3) is 10.6 Å². The highest BCUT2D eigenvalue weighted by molar-refractivity contribution is 7.13. The molecule has 1 atom stereocenters. The first-order valence-electron chi connectivity index (χ1n) is 7.74. The molecule has 2 aromatic heterocycles. The fourth-order valence-corrected chi connectivity index (χ4v) is 3.16. The molecule has 0 aliphatic rings. The van der Waals surface area contributed by atoms with Crippen molar-refractivity contribution in [2.75, 3.05) is 6.61 Å². The first-order valence-corrected chi connectivity index (χ1v) is 8.62. The molecule has 0 bridgehead atoms. The lowest BCUT2D eigenvalue weighted by Crippen LogP contribution is -2.28. The summed E-state index contributed by atoms with van der Waals surface area (Å²) >= 11 is 1.70. The number of aliphatic hydroxyl groups is 1. The van der Waals surface area contributed by atoms with Crippen LogP contribution < -0.4 is 5.32 Å². The highest BCUT2D eigenvalue weighted by atomic mass is 32.1. The molecule has 0 saturated heterocycles. The molecule has 5 heteroatoms. The van der Waals surface area contributed by atoms with Gasteiger partial charge in [0.05, 0.1) is 18.0 Å². The summed E-state index contributed by atoms with van der Waals surface area (Å²) in [4.78, 5) is 1.17. The first-order chi connectivity index (χ1) is 11.3. The van der Waals surface area contributed by atoms with E-state index in [0.717, 1.165) is 17.8 Å². The van der Waals surface area contributed by atoms with Gasteiger partial charge >= 0.3 is 0 Å². The van der Waals surface area contributed by atoms with Gasteiger partial charge in [-0.1, -0.05) is 36.4 Å². The topological polar surface area (TPSA) is 50.1 Å². The monoisotopic (exact) mass is 327 g/mol. The minimum Gasteiger partial charge on any atom is -0.395 e. The third-order valence-corrected chi connectivity index (χ3v) is 4.57. The van der Waals surface area contributed by atoms with Gasteiger partial charge in [-0.05, 0) is 23.9 Å². The van der Waals surface area contributed by atoms with E-state index >= 15 is 0 Å². The third kappa shape index (κ3) is 4.07. The zero-order valence-electron chi connectivity index (χ0n) is 13.1. The van der Waals surface area contributed by atoms with E-state index in [0.29, 0.717) is 6.54 Å². The molecule has 120 valence electrons. The summed E-state index contributed by atoms with van der Waals surface area (Å²) in [6.45, 7) is 3.56. The Morgan fingerprint density at radius 1 is 1.22 bits per heavy atom. The van der Waals surface area contributed by atoms with E-state index in [4.69, 9.17) is 5.10 Å². The molecule has 0 spiro atoms. The maximum absolute atomic E-state index is 9.18. The second-order valence-corrected chi connectivity index (χ2v) is 6.58. The Morgan fingerprint density at radius 2 is 2.04 bits per heavy atom. The molecule has 1 aromatic carbocycles. The third-order valence-electron chi connectivity index (χ3n) is 3.69. The van der Waals surface area contributed by atoms with Crippen molar-refractivity contribution < 1.29 is 5.11 Å². The molecular weight excluding hydrogens is 306 g/mol. The van der Waals surface area contributed by atoms with Crippen molar-refractivity contribution in [3.63, 3.8) is 0 Å². The Kier molecular flexibility index (Phi) is 5.23. The van der Waals surface area contributed by atoms with Crippen molar-refractivity contribution in [3.8, 4) is 10.6 Å². The van der Waals surface area contributed by atoms with Gasteiger partial charge in [-0.2, -0.15) is 5.10 Å². The molecule has 3 rings (SSSR count). The number of benzene rings is 1. The SMILES string of the molecule is CC(CO)NCc1cn(Cc2ccccc2)nc1-c1cccs1. The highest BCUT2D eigenvalue weighted by Gasteiger charge is 2.13. The molecule has 0 aliphatic carbocycles. The zero-order valence-corrected chi connectivity index (χ0v) is 14.0. The molecule has 0 amide bonds. The molecule has 2 heterocycles. The number of nitrogens with zero attached hydrogens (tertiary/aromatic N) is 2. The van der Waals surface area contributed by atoms with Gasteiger partial charge in [-0.3, -0.25) is 4.68 Å². The average molecular weight is 327 g/mol.